The summed E-state index contributed by atoms with van der Waals surface area (Å²) in [7, 11) is 1.96. The lowest BCUT2D eigenvalue weighted by Crippen LogP contribution is -2.02. The number of aromatic nitrogens is 2. The van der Waals surface area contributed by atoms with Gasteiger partial charge < -0.3 is 0 Å². The van der Waals surface area contributed by atoms with E-state index in [0.717, 1.165) is 6.42 Å². The Hall–Kier alpha value is -1.05. The maximum Gasteiger partial charge on any atom is 0.0492 e. The van der Waals surface area contributed by atoms with Crippen LogP contribution in [0, 0.1) is 0 Å². The second-order valence-electron chi connectivity index (χ2n) is 2.63. The smallest absolute Gasteiger partial charge is 0.0492 e. The Morgan fingerprint density at radius 1 is 1.82 bits per heavy atom. The number of aryl methyl sites for hydroxylation is 1. The van der Waals surface area contributed by atoms with Crippen LogP contribution in [0.3, 0.4) is 0 Å². The van der Waals surface area contributed by atoms with Crippen LogP contribution in [0.1, 0.15) is 25.0 Å². The lowest BCUT2D eigenvalue weighted by Gasteiger charge is -2.08. The summed E-state index contributed by atoms with van der Waals surface area (Å²) in [6, 6.07) is 2.04. The molecule has 60 valence electrons. The summed E-state index contributed by atoms with van der Waals surface area (Å²) >= 11 is 0. The molecule has 1 aromatic rings. The minimum absolute atomic E-state index is 0.447. The average molecular weight is 150 g/mol. The van der Waals surface area contributed by atoms with Crippen LogP contribution >= 0.6 is 0 Å². The molecule has 1 atom stereocenters. The molecule has 0 radical (unpaired) electrons. The van der Waals surface area contributed by atoms with Gasteiger partial charge in [-0.25, -0.2) is 0 Å². The van der Waals surface area contributed by atoms with E-state index in [9.17, 15) is 0 Å². The highest BCUT2D eigenvalue weighted by Crippen LogP contribution is 2.18. The maximum absolute atomic E-state index is 4.10. The molecule has 0 unspecified atom stereocenters. The molecule has 2 heteroatoms. The molecule has 0 aliphatic rings. The summed E-state index contributed by atoms with van der Waals surface area (Å²) in [6.45, 7) is 5.94. The highest BCUT2D eigenvalue weighted by molar-refractivity contribution is 5.12. The summed E-state index contributed by atoms with van der Waals surface area (Å²) in [5, 5.41) is 4.10. The quantitative estimate of drug-likeness (QED) is 0.603. The van der Waals surface area contributed by atoms with Gasteiger partial charge in [-0.05, 0) is 12.5 Å². The second kappa shape index (κ2) is 3.37. The van der Waals surface area contributed by atoms with Gasteiger partial charge in [-0.3, -0.25) is 4.68 Å². The fourth-order valence-electron chi connectivity index (χ4n) is 1.24. The molecule has 2 nitrogen and oxygen atoms in total. The molecule has 0 saturated carbocycles. The number of allylic oxidation sites excluding steroid dienone is 1. The van der Waals surface area contributed by atoms with Crippen LogP contribution in [0.5, 0.6) is 0 Å². The molecule has 0 aromatic carbocycles. The maximum atomic E-state index is 4.10. The summed E-state index contributed by atoms with van der Waals surface area (Å²) in [6.07, 6.45) is 4.88. The van der Waals surface area contributed by atoms with Crippen LogP contribution in [0.15, 0.2) is 24.9 Å². The van der Waals surface area contributed by atoms with Crippen molar-refractivity contribution in [3.8, 4) is 0 Å². The molecular weight excluding hydrogens is 136 g/mol. The van der Waals surface area contributed by atoms with E-state index in [0.29, 0.717) is 5.92 Å². The van der Waals surface area contributed by atoms with E-state index in [1.54, 1.807) is 0 Å². The first kappa shape index (κ1) is 8.05. The molecule has 0 N–H and O–H groups in total. The Bertz CT molecular complexity index is 237. The molecule has 1 aromatic heterocycles. The van der Waals surface area contributed by atoms with Gasteiger partial charge in [0.1, 0.15) is 0 Å². The van der Waals surface area contributed by atoms with Gasteiger partial charge in [0.2, 0.25) is 0 Å². The van der Waals surface area contributed by atoms with E-state index in [2.05, 4.69) is 18.6 Å². The molecule has 0 amide bonds. The predicted octanol–water partition coefficient (Wildman–Crippen LogP) is 2.10. The first-order chi connectivity index (χ1) is 5.29. The van der Waals surface area contributed by atoms with Crippen molar-refractivity contribution in [2.75, 3.05) is 0 Å². The van der Waals surface area contributed by atoms with Crippen LogP contribution in [0.25, 0.3) is 0 Å². The summed E-state index contributed by atoms with van der Waals surface area (Å²) < 4.78 is 1.90. The van der Waals surface area contributed by atoms with Gasteiger partial charge in [0.15, 0.2) is 0 Å². The Morgan fingerprint density at radius 3 is 2.91 bits per heavy atom. The van der Waals surface area contributed by atoms with Crippen molar-refractivity contribution >= 4 is 0 Å². The van der Waals surface area contributed by atoms with Crippen molar-refractivity contribution in [2.45, 2.75) is 19.3 Å². The Morgan fingerprint density at radius 2 is 2.55 bits per heavy atom. The first-order valence-electron chi connectivity index (χ1n) is 3.90. The Balaban J connectivity index is 2.89. The molecule has 0 aliphatic heterocycles. The Kier molecular flexibility index (Phi) is 2.47. The molecule has 0 aliphatic carbocycles. The van der Waals surface area contributed by atoms with Crippen LogP contribution in [-0.4, -0.2) is 9.78 Å². The van der Waals surface area contributed by atoms with E-state index in [1.807, 2.05) is 30.1 Å². The summed E-state index contributed by atoms with van der Waals surface area (Å²) in [5.74, 6) is 0.447. The zero-order valence-corrected chi connectivity index (χ0v) is 7.12. The normalized spacial score (nSPS) is 12.9. The van der Waals surface area contributed by atoms with E-state index < -0.39 is 0 Å². The largest absolute Gasteiger partial charge is 0.272 e. The molecule has 0 saturated heterocycles. The van der Waals surface area contributed by atoms with Crippen LogP contribution < -0.4 is 0 Å². The number of rotatable bonds is 3. The van der Waals surface area contributed by atoms with Gasteiger partial charge in [-0.1, -0.05) is 13.0 Å². The predicted molar refractivity (Wildman–Crippen MR) is 46.4 cm³/mol. The van der Waals surface area contributed by atoms with Crippen molar-refractivity contribution in [3.05, 3.63) is 30.6 Å². The lowest BCUT2D eigenvalue weighted by molar-refractivity contribution is 0.659. The zero-order valence-electron chi connectivity index (χ0n) is 7.12. The van der Waals surface area contributed by atoms with E-state index in [4.69, 9.17) is 0 Å². The zero-order chi connectivity index (χ0) is 8.27. The third-order valence-electron chi connectivity index (χ3n) is 1.96. The summed E-state index contributed by atoms with van der Waals surface area (Å²) in [5.41, 5.74) is 1.24. The topological polar surface area (TPSA) is 17.8 Å². The van der Waals surface area contributed by atoms with Gasteiger partial charge in [0, 0.05) is 24.9 Å². The minimum Gasteiger partial charge on any atom is -0.272 e. The molecule has 1 rings (SSSR count). The van der Waals surface area contributed by atoms with Gasteiger partial charge in [0.25, 0.3) is 0 Å². The first-order valence-corrected chi connectivity index (χ1v) is 3.90. The van der Waals surface area contributed by atoms with Crippen LogP contribution in [-0.2, 0) is 7.05 Å². The van der Waals surface area contributed by atoms with Crippen molar-refractivity contribution in [1.82, 2.24) is 9.78 Å². The molecule has 11 heavy (non-hydrogen) atoms. The molecule has 0 bridgehead atoms. The minimum atomic E-state index is 0.447. The van der Waals surface area contributed by atoms with Gasteiger partial charge in [-0.2, -0.15) is 5.10 Å². The van der Waals surface area contributed by atoms with Crippen molar-refractivity contribution in [2.24, 2.45) is 7.05 Å². The number of nitrogens with zero attached hydrogens (tertiary/aromatic N) is 2. The van der Waals surface area contributed by atoms with Crippen molar-refractivity contribution in [3.63, 3.8) is 0 Å². The fourth-order valence-corrected chi connectivity index (χ4v) is 1.24. The standard InChI is InChI=1S/C9H14N2/c1-4-8(5-2)9-6-7-10-11(9)3/h4,6-8H,1,5H2,2-3H3/t8-/m0/s1. The molecule has 1 heterocycles. The van der Waals surface area contributed by atoms with Crippen LogP contribution in [0.4, 0.5) is 0 Å². The lowest BCUT2D eigenvalue weighted by atomic mass is 10.0. The highest BCUT2D eigenvalue weighted by Gasteiger charge is 2.07. The molecular formula is C9H14N2. The third-order valence-corrected chi connectivity index (χ3v) is 1.96. The summed E-state index contributed by atoms with van der Waals surface area (Å²) in [4.78, 5) is 0. The van der Waals surface area contributed by atoms with Gasteiger partial charge >= 0.3 is 0 Å². The molecule has 0 fully saturated rings. The number of hydrogen-bond acceptors (Lipinski definition) is 1. The van der Waals surface area contributed by atoms with Gasteiger partial charge in [0.05, 0.1) is 0 Å². The Labute approximate surface area is 67.5 Å². The number of hydrogen-bond donors (Lipinski definition) is 0. The van der Waals surface area contributed by atoms with E-state index in [-0.39, 0.29) is 0 Å². The molecule has 0 spiro atoms. The van der Waals surface area contributed by atoms with E-state index in [1.165, 1.54) is 5.69 Å². The van der Waals surface area contributed by atoms with Crippen molar-refractivity contribution < 1.29 is 0 Å². The highest BCUT2D eigenvalue weighted by atomic mass is 15.3. The third kappa shape index (κ3) is 1.50. The second-order valence-corrected chi connectivity index (χ2v) is 2.63. The fraction of sp³-hybridized carbons (Fsp3) is 0.444. The van der Waals surface area contributed by atoms with E-state index >= 15 is 0 Å². The SMILES string of the molecule is C=C[C@@H](CC)c1ccnn1C. The van der Waals surface area contributed by atoms with Gasteiger partial charge in [-0.15, -0.1) is 6.58 Å². The van der Waals surface area contributed by atoms with Crippen molar-refractivity contribution in [1.29, 1.82) is 0 Å². The monoisotopic (exact) mass is 150 g/mol. The van der Waals surface area contributed by atoms with Crippen LogP contribution in [0.2, 0.25) is 0 Å². The average Bonchev–Trinajstić information content (AvgIpc) is 2.40.